The van der Waals surface area contributed by atoms with Gasteiger partial charge in [-0.2, -0.15) is 0 Å². The van der Waals surface area contributed by atoms with Gasteiger partial charge in [0.05, 0.1) is 0 Å². The Morgan fingerprint density at radius 3 is 2.40 bits per heavy atom. The Kier molecular flexibility index (Phi) is 4.88. The van der Waals surface area contributed by atoms with Crippen molar-refractivity contribution in [2.45, 2.75) is 26.6 Å². The highest BCUT2D eigenvalue weighted by Gasteiger charge is 2.08. The number of benzene rings is 2. The molecule has 0 aromatic heterocycles. The second-order valence-electron chi connectivity index (χ2n) is 5.22. The second kappa shape index (κ2) is 6.64. The molecule has 0 saturated carbocycles. The van der Waals surface area contributed by atoms with E-state index in [0.29, 0.717) is 13.1 Å². The van der Waals surface area contributed by atoms with Gasteiger partial charge in [-0.05, 0) is 48.4 Å². The molecule has 0 spiro atoms. The van der Waals surface area contributed by atoms with E-state index in [4.69, 9.17) is 5.73 Å². The highest BCUT2D eigenvalue weighted by atomic mass is 19.1. The molecule has 0 radical (unpaired) electrons. The van der Waals surface area contributed by atoms with Crippen LogP contribution >= 0.6 is 0 Å². The third kappa shape index (κ3) is 3.65. The molecule has 0 aliphatic heterocycles. The summed E-state index contributed by atoms with van der Waals surface area (Å²) in [6, 6.07) is 13.1. The van der Waals surface area contributed by atoms with Crippen molar-refractivity contribution in [3.05, 3.63) is 70.5 Å². The first kappa shape index (κ1) is 14.7. The molecule has 106 valence electrons. The highest BCUT2D eigenvalue weighted by Crippen LogP contribution is 2.16. The Hall–Kier alpha value is -1.71. The van der Waals surface area contributed by atoms with Gasteiger partial charge in [-0.15, -0.1) is 0 Å². The zero-order chi connectivity index (χ0) is 14.5. The highest BCUT2D eigenvalue weighted by molar-refractivity contribution is 5.29. The predicted octanol–water partition coefficient (Wildman–Crippen LogP) is 3.22. The third-order valence-corrected chi connectivity index (χ3v) is 3.53. The van der Waals surface area contributed by atoms with Gasteiger partial charge in [0.1, 0.15) is 5.82 Å². The SMILES string of the molecule is Cc1ccccc1CN(C)Cc1cc(F)ccc1CN. The molecule has 2 nitrogen and oxygen atoms in total. The predicted molar refractivity (Wildman–Crippen MR) is 80.6 cm³/mol. The minimum atomic E-state index is -0.207. The van der Waals surface area contributed by atoms with Crippen LogP contribution < -0.4 is 5.73 Å². The number of halogens is 1. The zero-order valence-electron chi connectivity index (χ0n) is 12.1. The molecule has 20 heavy (non-hydrogen) atoms. The summed E-state index contributed by atoms with van der Waals surface area (Å²) >= 11 is 0. The Labute approximate surface area is 120 Å². The van der Waals surface area contributed by atoms with Gasteiger partial charge in [-0.3, -0.25) is 4.90 Å². The Morgan fingerprint density at radius 2 is 1.70 bits per heavy atom. The summed E-state index contributed by atoms with van der Waals surface area (Å²) in [5.74, 6) is -0.207. The Balaban J connectivity index is 2.10. The lowest BCUT2D eigenvalue weighted by Gasteiger charge is -2.19. The Morgan fingerprint density at radius 1 is 1.00 bits per heavy atom. The van der Waals surface area contributed by atoms with Crippen LogP contribution in [0.15, 0.2) is 42.5 Å². The molecule has 0 amide bonds. The van der Waals surface area contributed by atoms with Gasteiger partial charge in [0.2, 0.25) is 0 Å². The summed E-state index contributed by atoms with van der Waals surface area (Å²) in [6.07, 6.45) is 0. The van der Waals surface area contributed by atoms with Gasteiger partial charge >= 0.3 is 0 Å². The molecule has 0 bridgehead atoms. The molecule has 2 aromatic carbocycles. The van der Waals surface area contributed by atoms with Crippen molar-refractivity contribution in [1.82, 2.24) is 4.90 Å². The van der Waals surface area contributed by atoms with E-state index >= 15 is 0 Å². The quantitative estimate of drug-likeness (QED) is 0.905. The fourth-order valence-electron chi connectivity index (χ4n) is 2.37. The van der Waals surface area contributed by atoms with E-state index in [1.165, 1.54) is 17.2 Å². The van der Waals surface area contributed by atoms with Crippen LogP contribution in [0.3, 0.4) is 0 Å². The van der Waals surface area contributed by atoms with Crippen LogP contribution in [0, 0.1) is 12.7 Å². The first-order valence-electron chi connectivity index (χ1n) is 6.80. The van der Waals surface area contributed by atoms with E-state index in [1.807, 2.05) is 19.2 Å². The van der Waals surface area contributed by atoms with E-state index in [9.17, 15) is 4.39 Å². The number of nitrogens with zero attached hydrogens (tertiary/aromatic N) is 1. The molecule has 0 heterocycles. The van der Waals surface area contributed by atoms with Gasteiger partial charge in [0, 0.05) is 19.6 Å². The summed E-state index contributed by atoms with van der Waals surface area (Å²) in [7, 11) is 2.04. The number of rotatable bonds is 5. The molecular formula is C17H21FN2. The van der Waals surface area contributed by atoms with Gasteiger partial charge in [0.15, 0.2) is 0 Å². The molecular weight excluding hydrogens is 251 g/mol. The maximum absolute atomic E-state index is 13.4. The smallest absolute Gasteiger partial charge is 0.123 e. The van der Waals surface area contributed by atoms with E-state index in [0.717, 1.165) is 17.7 Å². The molecule has 0 unspecified atom stereocenters. The van der Waals surface area contributed by atoms with Crippen LogP contribution in [-0.4, -0.2) is 11.9 Å². The fourth-order valence-corrected chi connectivity index (χ4v) is 2.37. The van der Waals surface area contributed by atoms with E-state index in [-0.39, 0.29) is 5.82 Å². The van der Waals surface area contributed by atoms with Gasteiger partial charge in [-0.25, -0.2) is 4.39 Å². The maximum atomic E-state index is 13.4. The van der Waals surface area contributed by atoms with Crippen molar-refractivity contribution in [3.8, 4) is 0 Å². The van der Waals surface area contributed by atoms with Crippen LogP contribution in [0.1, 0.15) is 22.3 Å². The molecule has 0 atom stereocenters. The third-order valence-electron chi connectivity index (χ3n) is 3.53. The first-order valence-corrected chi connectivity index (χ1v) is 6.80. The van der Waals surface area contributed by atoms with Crippen LogP contribution in [0.2, 0.25) is 0 Å². The average molecular weight is 272 g/mol. The zero-order valence-corrected chi connectivity index (χ0v) is 12.1. The lowest BCUT2D eigenvalue weighted by Crippen LogP contribution is -2.19. The average Bonchev–Trinajstić information content (AvgIpc) is 2.41. The van der Waals surface area contributed by atoms with Crippen LogP contribution in [-0.2, 0) is 19.6 Å². The maximum Gasteiger partial charge on any atom is 0.123 e. The van der Waals surface area contributed by atoms with Gasteiger partial charge < -0.3 is 5.73 Å². The van der Waals surface area contributed by atoms with E-state index in [2.05, 4.69) is 24.0 Å². The van der Waals surface area contributed by atoms with Crippen molar-refractivity contribution >= 4 is 0 Å². The summed E-state index contributed by atoms with van der Waals surface area (Å²) in [6.45, 7) is 4.08. The van der Waals surface area contributed by atoms with Gasteiger partial charge in [0.25, 0.3) is 0 Å². The lowest BCUT2D eigenvalue weighted by atomic mass is 10.1. The minimum Gasteiger partial charge on any atom is -0.326 e. The molecule has 2 aromatic rings. The molecule has 2 N–H and O–H groups in total. The molecule has 0 aliphatic rings. The number of nitrogens with two attached hydrogens (primary N) is 1. The van der Waals surface area contributed by atoms with Crippen molar-refractivity contribution in [2.75, 3.05) is 7.05 Å². The summed E-state index contributed by atoms with van der Waals surface area (Å²) in [5.41, 5.74) is 10.2. The van der Waals surface area contributed by atoms with Crippen LogP contribution in [0.4, 0.5) is 4.39 Å². The number of aryl methyl sites for hydroxylation is 1. The summed E-state index contributed by atoms with van der Waals surface area (Å²) in [4.78, 5) is 2.18. The molecule has 0 fully saturated rings. The standard InChI is InChI=1S/C17H21FN2/c1-13-5-3-4-6-15(13)11-20(2)12-16-9-17(18)8-7-14(16)10-19/h3-9H,10-12,19H2,1-2H3. The van der Waals surface area contributed by atoms with E-state index in [1.54, 1.807) is 12.1 Å². The normalized spacial score (nSPS) is 11.1. The Bertz CT molecular complexity index is 581. The minimum absolute atomic E-state index is 0.207. The van der Waals surface area contributed by atoms with Crippen LogP contribution in [0.5, 0.6) is 0 Å². The van der Waals surface area contributed by atoms with Crippen molar-refractivity contribution in [3.63, 3.8) is 0 Å². The summed E-state index contributed by atoms with van der Waals surface area (Å²) < 4.78 is 13.4. The van der Waals surface area contributed by atoms with Crippen molar-refractivity contribution in [1.29, 1.82) is 0 Å². The van der Waals surface area contributed by atoms with Crippen molar-refractivity contribution in [2.24, 2.45) is 5.73 Å². The molecule has 0 aliphatic carbocycles. The topological polar surface area (TPSA) is 29.3 Å². The molecule has 0 saturated heterocycles. The summed E-state index contributed by atoms with van der Waals surface area (Å²) in [5, 5.41) is 0. The molecule has 2 rings (SSSR count). The van der Waals surface area contributed by atoms with E-state index < -0.39 is 0 Å². The largest absolute Gasteiger partial charge is 0.326 e. The van der Waals surface area contributed by atoms with Crippen molar-refractivity contribution < 1.29 is 4.39 Å². The lowest BCUT2D eigenvalue weighted by molar-refractivity contribution is 0.317. The van der Waals surface area contributed by atoms with Gasteiger partial charge in [-0.1, -0.05) is 30.3 Å². The fraction of sp³-hybridized carbons (Fsp3) is 0.294. The second-order valence-corrected chi connectivity index (χ2v) is 5.22. The first-order chi connectivity index (χ1) is 9.60. The number of hydrogen-bond donors (Lipinski definition) is 1. The number of hydrogen-bond acceptors (Lipinski definition) is 2. The van der Waals surface area contributed by atoms with Crippen LogP contribution in [0.25, 0.3) is 0 Å². The monoisotopic (exact) mass is 272 g/mol. The molecule has 3 heteroatoms.